The quantitative estimate of drug-likeness (QED) is 0.0671. The number of nitrogens with two attached hydrogens (primary N) is 3. The van der Waals surface area contributed by atoms with Crippen molar-refractivity contribution in [1.82, 2.24) is 15.1 Å². The van der Waals surface area contributed by atoms with E-state index in [1.165, 1.54) is 24.1 Å². The maximum atomic E-state index is 16.6. The standard InChI is InChI=1S/C55H68F2N10O6/c1-31(2)48(60)53(70)65-23-9-13-46(65)51(68)61-42-17-15-35(27-40(42)58)44-19-20-45(67(44)37-29-38(56)50(39(57)30-37)64-25-21-34(22-26-64)33-11-7-6-8-12-33)36-16-18-43(41(59)28-36)62-52(69)47-14-10-24-66(47)54(71)49(32(3)4)63-55(72)73-5/h6-8,11-12,15-18,21,27-32,44-49H,9-10,13-14,19-20,22-26,58-60H2,1-5H3,(H,61,68)(H,62,69)(H,63,72)/t44-,45-,46+,47+,48+,49+/m1/s1. The van der Waals surface area contributed by atoms with Crippen LogP contribution in [0.25, 0.3) is 5.57 Å². The molecule has 3 fully saturated rings. The third-order valence-corrected chi connectivity index (χ3v) is 14.9. The predicted octanol–water partition coefficient (Wildman–Crippen LogP) is 7.73. The molecule has 0 radical (unpaired) electrons. The minimum Gasteiger partial charge on any atom is -0.453 e. The molecule has 4 aliphatic rings. The molecule has 73 heavy (non-hydrogen) atoms. The van der Waals surface area contributed by atoms with Crippen molar-refractivity contribution in [2.24, 2.45) is 17.6 Å². The van der Waals surface area contributed by atoms with E-state index in [1.807, 2.05) is 67.3 Å². The average Bonchev–Trinajstić information content (AvgIpc) is 4.18. The largest absolute Gasteiger partial charge is 0.453 e. The molecule has 0 unspecified atom stereocenters. The molecule has 388 valence electrons. The molecule has 9 N–H and O–H groups in total. The third kappa shape index (κ3) is 11.1. The number of nitrogens with one attached hydrogen (secondary N) is 3. The van der Waals surface area contributed by atoms with Crippen LogP contribution in [0.4, 0.5) is 47.7 Å². The minimum absolute atomic E-state index is 0.0949. The number of alkyl carbamates (subject to hydrolysis) is 1. The summed E-state index contributed by atoms with van der Waals surface area (Å²) in [6.07, 6.45) is 5.11. The van der Waals surface area contributed by atoms with Crippen molar-refractivity contribution in [1.29, 1.82) is 0 Å². The molecular formula is C55H68F2N10O6. The van der Waals surface area contributed by atoms with Crippen molar-refractivity contribution in [2.45, 2.75) is 109 Å². The van der Waals surface area contributed by atoms with Crippen LogP contribution in [0.3, 0.4) is 0 Å². The molecule has 4 aromatic rings. The number of carbonyl (C=O) groups excluding carboxylic acids is 5. The first-order valence-electron chi connectivity index (χ1n) is 25.3. The van der Waals surface area contributed by atoms with Gasteiger partial charge >= 0.3 is 6.09 Å². The summed E-state index contributed by atoms with van der Waals surface area (Å²) in [5.41, 5.74) is 24.7. The number of benzene rings is 4. The number of hydrogen-bond donors (Lipinski definition) is 6. The number of ether oxygens (including phenoxy) is 1. The highest BCUT2D eigenvalue weighted by atomic mass is 19.1. The zero-order valence-corrected chi connectivity index (χ0v) is 42.2. The van der Waals surface area contributed by atoms with Gasteiger partial charge in [0.1, 0.15) is 23.8 Å². The van der Waals surface area contributed by atoms with Gasteiger partial charge in [-0.15, -0.1) is 0 Å². The SMILES string of the molecule is COC(=O)N[C@H](C(=O)N1CCC[C@H]1C(=O)Nc1ccc([C@H]2CC[C@H](c3ccc(NC(=O)[C@@H]4CCCN4C(=O)[C@@H](N)C(C)C)c(N)c3)N2c2cc(F)c(N3CC=C(c4ccccc4)CC3)c(F)c2)cc1N)C(C)C. The Labute approximate surface area is 425 Å². The van der Waals surface area contributed by atoms with Gasteiger partial charge in [-0.25, -0.2) is 13.6 Å². The minimum atomic E-state index is -0.896. The number of anilines is 6. The molecule has 6 atom stereocenters. The zero-order chi connectivity index (χ0) is 52.2. The Morgan fingerprint density at radius 3 is 1.68 bits per heavy atom. The van der Waals surface area contributed by atoms with Gasteiger partial charge in [0.05, 0.1) is 48.0 Å². The number of nitrogen functional groups attached to an aromatic ring is 2. The lowest BCUT2D eigenvalue weighted by atomic mass is 9.99. The predicted molar refractivity (Wildman–Crippen MR) is 280 cm³/mol. The number of amides is 5. The van der Waals surface area contributed by atoms with Crippen LogP contribution in [0.5, 0.6) is 0 Å². The first-order valence-corrected chi connectivity index (χ1v) is 25.3. The molecule has 4 heterocycles. The van der Waals surface area contributed by atoms with Crippen LogP contribution in [-0.2, 0) is 23.9 Å². The normalized spacial score (nSPS) is 20.8. The second kappa shape index (κ2) is 22.3. The molecule has 4 aliphatic heterocycles. The number of likely N-dealkylation sites (tertiary alicyclic amines) is 2. The third-order valence-electron chi connectivity index (χ3n) is 14.9. The lowest BCUT2D eigenvalue weighted by Gasteiger charge is -2.35. The molecule has 5 amide bonds. The molecule has 8 rings (SSSR count). The highest BCUT2D eigenvalue weighted by Gasteiger charge is 2.41. The Morgan fingerprint density at radius 1 is 0.685 bits per heavy atom. The number of methoxy groups -OCH3 is 1. The summed E-state index contributed by atoms with van der Waals surface area (Å²) in [5, 5.41) is 8.44. The first kappa shape index (κ1) is 52.1. The van der Waals surface area contributed by atoms with Gasteiger partial charge < -0.3 is 57.5 Å². The second-order valence-corrected chi connectivity index (χ2v) is 20.2. The van der Waals surface area contributed by atoms with Gasteiger partial charge in [-0.3, -0.25) is 19.2 Å². The van der Waals surface area contributed by atoms with E-state index in [9.17, 15) is 24.0 Å². The van der Waals surface area contributed by atoms with E-state index in [2.05, 4.69) is 16.0 Å². The van der Waals surface area contributed by atoms with E-state index in [0.717, 1.165) is 22.3 Å². The van der Waals surface area contributed by atoms with Crippen LogP contribution in [0, 0.1) is 23.5 Å². The van der Waals surface area contributed by atoms with E-state index in [1.54, 1.807) is 47.9 Å². The topological polar surface area (TPSA) is 222 Å². The van der Waals surface area contributed by atoms with E-state index in [0.29, 0.717) is 88.2 Å². The van der Waals surface area contributed by atoms with Crippen molar-refractivity contribution in [2.75, 3.05) is 65.2 Å². The fourth-order valence-corrected chi connectivity index (χ4v) is 10.8. The van der Waals surface area contributed by atoms with Crippen LogP contribution in [-0.4, -0.2) is 97.0 Å². The van der Waals surface area contributed by atoms with Crippen LogP contribution >= 0.6 is 0 Å². The molecule has 3 saturated heterocycles. The monoisotopic (exact) mass is 1000 g/mol. The first-order chi connectivity index (χ1) is 34.9. The molecule has 0 bridgehead atoms. The van der Waals surface area contributed by atoms with Gasteiger partial charge in [0, 0.05) is 31.9 Å². The molecule has 16 nitrogen and oxygen atoms in total. The molecule has 0 aromatic heterocycles. The Balaban J connectivity index is 1.06. The fraction of sp³-hybridized carbons (Fsp3) is 0.436. The molecule has 4 aromatic carbocycles. The summed E-state index contributed by atoms with van der Waals surface area (Å²) in [4.78, 5) is 73.3. The maximum Gasteiger partial charge on any atom is 0.407 e. The second-order valence-electron chi connectivity index (χ2n) is 20.2. The van der Waals surface area contributed by atoms with Crippen LogP contribution in [0.1, 0.15) is 101 Å². The Kier molecular flexibility index (Phi) is 15.9. The van der Waals surface area contributed by atoms with E-state index in [-0.39, 0.29) is 46.6 Å². The molecule has 0 aliphatic carbocycles. The lowest BCUT2D eigenvalue weighted by molar-refractivity contribution is -0.139. The fourth-order valence-electron chi connectivity index (χ4n) is 10.8. The van der Waals surface area contributed by atoms with Crippen molar-refractivity contribution < 1.29 is 37.5 Å². The van der Waals surface area contributed by atoms with Crippen molar-refractivity contribution in [3.63, 3.8) is 0 Å². The molecule has 0 saturated carbocycles. The Morgan fingerprint density at radius 2 is 1.22 bits per heavy atom. The maximum absolute atomic E-state index is 16.6. The van der Waals surface area contributed by atoms with Gasteiger partial charge in [-0.2, -0.15) is 0 Å². The van der Waals surface area contributed by atoms with Crippen molar-refractivity contribution in [3.8, 4) is 0 Å². The smallest absolute Gasteiger partial charge is 0.407 e. The van der Waals surface area contributed by atoms with E-state index >= 15 is 8.78 Å². The number of rotatable bonds is 14. The van der Waals surface area contributed by atoms with Gasteiger partial charge in [0.25, 0.3) is 0 Å². The zero-order valence-electron chi connectivity index (χ0n) is 42.2. The van der Waals surface area contributed by atoms with Gasteiger partial charge in [-0.05, 0) is 115 Å². The van der Waals surface area contributed by atoms with Crippen LogP contribution < -0.4 is 43.0 Å². The number of halogens is 2. The summed E-state index contributed by atoms with van der Waals surface area (Å²) in [5.74, 6) is -3.23. The number of carbonyl (C=O) groups is 5. The Hall–Kier alpha value is -7.21. The van der Waals surface area contributed by atoms with Crippen LogP contribution in [0.15, 0.2) is 84.9 Å². The summed E-state index contributed by atoms with van der Waals surface area (Å²) >= 11 is 0. The number of hydrogen-bond acceptors (Lipinski definition) is 11. The van der Waals surface area contributed by atoms with Gasteiger partial charge in [0.2, 0.25) is 23.6 Å². The van der Waals surface area contributed by atoms with E-state index < -0.39 is 59.9 Å². The summed E-state index contributed by atoms with van der Waals surface area (Å²) in [6, 6.07) is 19.2. The molecular weight excluding hydrogens is 935 g/mol. The highest BCUT2D eigenvalue weighted by molar-refractivity contribution is 6.01. The summed E-state index contributed by atoms with van der Waals surface area (Å²) < 4.78 is 38.0. The van der Waals surface area contributed by atoms with E-state index in [4.69, 9.17) is 21.9 Å². The number of nitrogens with zero attached hydrogens (tertiary/aromatic N) is 4. The summed E-state index contributed by atoms with van der Waals surface area (Å²) in [7, 11) is 1.22. The summed E-state index contributed by atoms with van der Waals surface area (Å²) in [6.45, 7) is 8.84. The van der Waals surface area contributed by atoms with Crippen molar-refractivity contribution in [3.05, 3.63) is 113 Å². The highest BCUT2D eigenvalue weighted by Crippen LogP contribution is 2.49. The lowest BCUT2D eigenvalue weighted by Crippen LogP contribution is -2.54. The van der Waals surface area contributed by atoms with Crippen molar-refractivity contribution >= 4 is 69.4 Å². The van der Waals surface area contributed by atoms with Gasteiger partial charge in [-0.1, -0.05) is 76.2 Å². The van der Waals surface area contributed by atoms with Crippen LogP contribution in [0.2, 0.25) is 0 Å². The Bertz CT molecular complexity index is 2730. The van der Waals surface area contributed by atoms with Gasteiger partial charge in [0.15, 0.2) is 11.6 Å². The molecule has 0 spiro atoms. The average molecular weight is 1000 g/mol. The molecule has 18 heteroatoms.